The third-order valence-corrected chi connectivity index (χ3v) is 1.84. The van der Waals surface area contributed by atoms with Crippen LogP contribution in [0.15, 0.2) is 34.9 Å². The predicted octanol–water partition coefficient (Wildman–Crippen LogP) is 1.58. The Hall–Kier alpha value is -2.17. The highest BCUT2D eigenvalue weighted by molar-refractivity contribution is 5.89. The van der Waals surface area contributed by atoms with Crippen LogP contribution in [0.5, 0.6) is 0 Å². The smallest absolute Gasteiger partial charge is 0.286 e. The Morgan fingerprint density at radius 3 is 2.53 bits per heavy atom. The van der Waals surface area contributed by atoms with Crippen molar-refractivity contribution in [3.63, 3.8) is 0 Å². The van der Waals surface area contributed by atoms with Gasteiger partial charge in [0.25, 0.3) is 5.91 Å². The molecule has 0 unspecified atom stereocenters. The van der Waals surface area contributed by atoms with E-state index in [1.807, 2.05) is 0 Å². The maximum absolute atomic E-state index is 12.6. The van der Waals surface area contributed by atoms with E-state index in [-0.39, 0.29) is 17.5 Å². The molecule has 2 aromatic rings. The van der Waals surface area contributed by atoms with Gasteiger partial charge in [0.2, 0.25) is 11.7 Å². The monoisotopic (exact) mass is 206 g/mol. The van der Waals surface area contributed by atoms with E-state index >= 15 is 0 Å². The molecule has 2 rings (SSSR count). The molecule has 0 bridgehead atoms. The molecule has 1 heterocycles. The average Bonchev–Trinajstić information content (AvgIpc) is 2.68. The van der Waals surface area contributed by atoms with Crippen molar-refractivity contribution in [1.82, 2.24) is 4.98 Å². The van der Waals surface area contributed by atoms with Gasteiger partial charge in [0.15, 0.2) is 0 Å². The van der Waals surface area contributed by atoms with Gasteiger partial charge in [0, 0.05) is 5.56 Å². The summed E-state index contributed by atoms with van der Waals surface area (Å²) in [6.45, 7) is 0. The number of aromatic nitrogens is 1. The number of nitrogens with two attached hydrogens (primary N) is 1. The summed E-state index contributed by atoms with van der Waals surface area (Å²) in [7, 11) is 0. The molecular weight excluding hydrogens is 199 g/mol. The normalized spacial score (nSPS) is 10.2. The van der Waals surface area contributed by atoms with Crippen molar-refractivity contribution in [1.29, 1.82) is 0 Å². The molecule has 0 spiro atoms. The van der Waals surface area contributed by atoms with Crippen LogP contribution in [0.1, 0.15) is 10.6 Å². The Morgan fingerprint density at radius 1 is 1.33 bits per heavy atom. The first-order valence-electron chi connectivity index (χ1n) is 4.18. The summed E-state index contributed by atoms with van der Waals surface area (Å²) in [5.74, 6) is -0.811. The second kappa shape index (κ2) is 3.53. The minimum atomic E-state index is -0.684. The lowest BCUT2D eigenvalue weighted by molar-refractivity contribution is 0.0974. The Bertz CT molecular complexity index is 490. The van der Waals surface area contributed by atoms with E-state index in [2.05, 4.69) is 4.98 Å². The van der Waals surface area contributed by atoms with Crippen LogP contribution >= 0.6 is 0 Å². The topological polar surface area (TPSA) is 69.1 Å². The molecule has 0 aliphatic carbocycles. The first-order valence-corrected chi connectivity index (χ1v) is 4.18. The molecule has 4 nitrogen and oxygen atoms in total. The number of hydrogen-bond donors (Lipinski definition) is 1. The van der Waals surface area contributed by atoms with Crippen LogP contribution < -0.4 is 5.73 Å². The Balaban J connectivity index is 2.37. The summed E-state index contributed by atoms with van der Waals surface area (Å²) < 4.78 is 17.7. The molecule has 0 saturated heterocycles. The highest BCUT2D eigenvalue weighted by atomic mass is 19.1. The number of halogens is 1. The summed E-state index contributed by atoms with van der Waals surface area (Å²) in [4.78, 5) is 14.6. The Morgan fingerprint density at radius 2 is 2.00 bits per heavy atom. The molecule has 0 radical (unpaired) electrons. The molecule has 1 amide bonds. The van der Waals surface area contributed by atoms with Crippen LogP contribution in [0.25, 0.3) is 11.5 Å². The standard InChI is InChI=1S/C10H7FN2O2/c11-7-3-1-6(2-4-7)10-13-5-8(15-10)9(12)14/h1-5H,(H2,12,14). The molecule has 1 aromatic carbocycles. The van der Waals surface area contributed by atoms with Crippen molar-refractivity contribution in [3.05, 3.63) is 42.0 Å². The van der Waals surface area contributed by atoms with Gasteiger partial charge in [0.1, 0.15) is 5.82 Å². The van der Waals surface area contributed by atoms with Crippen LogP contribution in [0.4, 0.5) is 4.39 Å². The Labute approximate surface area is 84.5 Å². The van der Waals surface area contributed by atoms with E-state index in [9.17, 15) is 9.18 Å². The van der Waals surface area contributed by atoms with E-state index in [0.717, 1.165) is 0 Å². The van der Waals surface area contributed by atoms with Crippen LogP contribution in [0.2, 0.25) is 0 Å². The van der Waals surface area contributed by atoms with Crippen molar-refractivity contribution in [2.24, 2.45) is 5.73 Å². The number of benzene rings is 1. The van der Waals surface area contributed by atoms with E-state index in [0.29, 0.717) is 5.56 Å². The van der Waals surface area contributed by atoms with Gasteiger partial charge >= 0.3 is 0 Å². The molecule has 0 saturated carbocycles. The number of carbonyl (C=O) groups excluding carboxylic acids is 1. The van der Waals surface area contributed by atoms with Gasteiger partial charge in [-0.1, -0.05) is 0 Å². The Kier molecular flexibility index (Phi) is 2.21. The summed E-state index contributed by atoms with van der Waals surface area (Å²) in [6.07, 6.45) is 1.24. The van der Waals surface area contributed by atoms with Crippen molar-refractivity contribution >= 4 is 5.91 Å². The summed E-state index contributed by atoms with van der Waals surface area (Å²) in [5, 5.41) is 0. The fraction of sp³-hybridized carbons (Fsp3) is 0. The minimum absolute atomic E-state index is 0.0191. The quantitative estimate of drug-likeness (QED) is 0.810. The number of carbonyl (C=O) groups is 1. The van der Waals surface area contributed by atoms with Gasteiger partial charge in [-0.15, -0.1) is 0 Å². The van der Waals surface area contributed by atoms with Gasteiger partial charge in [-0.25, -0.2) is 9.37 Å². The van der Waals surface area contributed by atoms with Gasteiger partial charge < -0.3 is 10.2 Å². The predicted molar refractivity (Wildman–Crippen MR) is 50.4 cm³/mol. The molecular formula is C10H7FN2O2. The van der Waals surface area contributed by atoms with Gasteiger partial charge in [0.05, 0.1) is 6.20 Å². The molecule has 15 heavy (non-hydrogen) atoms. The maximum Gasteiger partial charge on any atom is 0.286 e. The summed E-state index contributed by atoms with van der Waals surface area (Å²) >= 11 is 0. The molecule has 5 heteroatoms. The van der Waals surface area contributed by atoms with Crippen molar-refractivity contribution in [2.75, 3.05) is 0 Å². The zero-order valence-corrected chi connectivity index (χ0v) is 7.61. The lowest BCUT2D eigenvalue weighted by Crippen LogP contribution is -2.09. The number of nitrogens with zero attached hydrogens (tertiary/aromatic N) is 1. The van der Waals surface area contributed by atoms with Crippen LogP contribution in [-0.4, -0.2) is 10.9 Å². The number of rotatable bonds is 2. The van der Waals surface area contributed by atoms with Crippen LogP contribution in [0.3, 0.4) is 0 Å². The van der Waals surface area contributed by atoms with E-state index < -0.39 is 5.91 Å². The zero-order valence-electron chi connectivity index (χ0n) is 7.61. The third kappa shape index (κ3) is 1.85. The largest absolute Gasteiger partial charge is 0.431 e. The van der Waals surface area contributed by atoms with Crippen molar-refractivity contribution in [2.45, 2.75) is 0 Å². The minimum Gasteiger partial charge on any atom is -0.431 e. The van der Waals surface area contributed by atoms with E-state index in [4.69, 9.17) is 10.2 Å². The second-order valence-electron chi connectivity index (χ2n) is 2.90. The summed E-state index contributed by atoms with van der Waals surface area (Å²) in [5.41, 5.74) is 5.58. The zero-order chi connectivity index (χ0) is 10.8. The molecule has 0 atom stereocenters. The van der Waals surface area contributed by atoms with Crippen molar-refractivity contribution < 1.29 is 13.6 Å². The highest BCUT2D eigenvalue weighted by Crippen LogP contribution is 2.18. The van der Waals surface area contributed by atoms with Gasteiger partial charge in [-0.05, 0) is 24.3 Å². The average molecular weight is 206 g/mol. The molecule has 0 fully saturated rings. The van der Waals surface area contributed by atoms with E-state index in [1.54, 1.807) is 0 Å². The van der Waals surface area contributed by atoms with Gasteiger partial charge in [-0.2, -0.15) is 0 Å². The molecule has 0 aliphatic rings. The SMILES string of the molecule is NC(=O)c1cnc(-c2ccc(F)cc2)o1. The molecule has 0 aliphatic heterocycles. The molecule has 1 aromatic heterocycles. The first kappa shape index (κ1) is 9.39. The number of primary amides is 1. The lowest BCUT2D eigenvalue weighted by Gasteiger charge is -1.94. The number of amides is 1. The fourth-order valence-electron chi connectivity index (χ4n) is 1.11. The number of hydrogen-bond acceptors (Lipinski definition) is 3. The van der Waals surface area contributed by atoms with Crippen LogP contribution in [0, 0.1) is 5.82 Å². The molecule has 76 valence electrons. The second-order valence-corrected chi connectivity index (χ2v) is 2.90. The van der Waals surface area contributed by atoms with E-state index in [1.165, 1.54) is 30.5 Å². The lowest BCUT2D eigenvalue weighted by atomic mass is 10.2. The summed E-state index contributed by atoms with van der Waals surface area (Å²) in [6, 6.07) is 5.57. The van der Waals surface area contributed by atoms with Gasteiger partial charge in [-0.3, -0.25) is 4.79 Å². The number of oxazole rings is 1. The maximum atomic E-state index is 12.6. The first-order chi connectivity index (χ1) is 7.16. The third-order valence-electron chi connectivity index (χ3n) is 1.84. The van der Waals surface area contributed by atoms with Crippen molar-refractivity contribution in [3.8, 4) is 11.5 Å². The molecule has 2 N–H and O–H groups in total. The fourth-order valence-corrected chi connectivity index (χ4v) is 1.11. The highest BCUT2D eigenvalue weighted by Gasteiger charge is 2.09. The van der Waals surface area contributed by atoms with Crippen LogP contribution in [-0.2, 0) is 0 Å².